The highest BCUT2D eigenvalue weighted by atomic mass is 16.5. The molecule has 1 atom stereocenters. The van der Waals surface area contributed by atoms with Gasteiger partial charge in [0.25, 0.3) is 0 Å². The topological polar surface area (TPSA) is 59.4 Å². The Morgan fingerprint density at radius 2 is 2.08 bits per heavy atom. The predicted octanol–water partition coefficient (Wildman–Crippen LogP) is 3.71. The first-order valence-corrected chi connectivity index (χ1v) is 9.27. The van der Waals surface area contributed by atoms with Crippen LogP contribution in [0.1, 0.15) is 49.6 Å². The Morgan fingerprint density at radius 3 is 2.73 bits per heavy atom. The van der Waals surface area contributed by atoms with Gasteiger partial charge in [-0.05, 0) is 23.5 Å². The number of ether oxygens (including phenoxy) is 1. The lowest BCUT2D eigenvalue weighted by atomic mass is 10.0. The van der Waals surface area contributed by atoms with Crippen LogP contribution in [0.15, 0.2) is 30.5 Å². The lowest BCUT2D eigenvalue weighted by molar-refractivity contribution is -0.0135. The van der Waals surface area contributed by atoms with Crippen LogP contribution < -0.4 is 5.32 Å². The fourth-order valence-corrected chi connectivity index (χ4v) is 3.23. The summed E-state index contributed by atoms with van der Waals surface area (Å²) in [7, 11) is 1.87. The molecule has 0 radical (unpaired) electrons. The molecule has 1 saturated heterocycles. The molecule has 6 heteroatoms. The van der Waals surface area contributed by atoms with Crippen molar-refractivity contribution in [3.63, 3.8) is 0 Å². The number of aromatic nitrogens is 2. The first-order valence-electron chi connectivity index (χ1n) is 9.27. The van der Waals surface area contributed by atoms with E-state index in [2.05, 4.69) is 55.5 Å². The van der Waals surface area contributed by atoms with Crippen molar-refractivity contribution in [3.05, 3.63) is 47.3 Å². The predicted molar refractivity (Wildman–Crippen MR) is 102 cm³/mol. The largest absolute Gasteiger partial charge is 0.370 e. The van der Waals surface area contributed by atoms with E-state index in [9.17, 15) is 4.79 Å². The Labute approximate surface area is 155 Å². The van der Waals surface area contributed by atoms with Gasteiger partial charge in [0.1, 0.15) is 6.10 Å². The summed E-state index contributed by atoms with van der Waals surface area (Å²) in [5.74, 6) is 0.251. The van der Waals surface area contributed by atoms with Crippen LogP contribution in [0.4, 0.5) is 10.5 Å². The maximum Gasteiger partial charge on any atom is 0.322 e. The fourth-order valence-electron chi connectivity index (χ4n) is 3.23. The molecule has 6 nitrogen and oxygen atoms in total. The van der Waals surface area contributed by atoms with Crippen molar-refractivity contribution in [2.45, 2.75) is 39.2 Å². The lowest BCUT2D eigenvalue weighted by Crippen LogP contribution is -2.44. The molecule has 0 aliphatic carbocycles. The number of carbonyl (C=O) groups excluding carboxylic acids is 1. The number of hydrogen-bond acceptors (Lipinski definition) is 3. The Hall–Kier alpha value is -2.34. The van der Waals surface area contributed by atoms with Crippen molar-refractivity contribution >= 4 is 11.7 Å². The Kier molecular flexibility index (Phi) is 5.61. The number of anilines is 1. The summed E-state index contributed by atoms with van der Waals surface area (Å²) >= 11 is 0. The highest BCUT2D eigenvalue weighted by Gasteiger charge is 2.26. The van der Waals surface area contributed by atoms with Gasteiger partial charge in [-0.3, -0.25) is 4.68 Å². The van der Waals surface area contributed by atoms with Crippen molar-refractivity contribution in [1.29, 1.82) is 0 Å². The van der Waals surface area contributed by atoms with Gasteiger partial charge in [-0.1, -0.05) is 45.0 Å². The van der Waals surface area contributed by atoms with Crippen LogP contribution in [0.3, 0.4) is 0 Å². The summed E-state index contributed by atoms with van der Waals surface area (Å²) in [6.45, 7) is 7.96. The number of nitrogens with one attached hydrogen (secondary N) is 1. The molecule has 1 aromatic heterocycles. The second kappa shape index (κ2) is 7.91. The third kappa shape index (κ3) is 4.07. The van der Waals surface area contributed by atoms with E-state index in [1.807, 2.05) is 18.1 Å². The van der Waals surface area contributed by atoms with Gasteiger partial charge in [-0.25, -0.2) is 4.79 Å². The van der Waals surface area contributed by atoms with Gasteiger partial charge in [0.15, 0.2) is 0 Å². The minimum Gasteiger partial charge on any atom is -0.370 e. The van der Waals surface area contributed by atoms with E-state index in [0.717, 1.165) is 23.4 Å². The maximum atomic E-state index is 12.8. The summed E-state index contributed by atoms with van der Waals surface area (Å²) in [4.78, 5) is 14.6. The lowest BCUT2D eigenvalue weighted by Gasteiger charge is -2.33. The van der Waals surface area contributed by atoms with Crippen LogP contribution in [0, 0.1) is 0 Å². The molecule has 0 bridgehead atoms. The Morgan fingerprint density at radius 1 is 1.35 bits per heavy atom. The molecular weight excluding hydrogens is 328 g/mol. The van der Waals surface area contributed by atoms with Crippen LogP contribution >= 0.6 is 0 Å². The second-order valence-corrected chi connectivity index (χ2v) is 7.09. The van der Waals surface area contributed by atoms with Gasteiger partial charge < -0.3 is 15.0 Å². The first-order chi connectivity index (χ1) is 12.5. The van der Waals surface area contributed by atoms with Crippen molar-refractivity contribution in [3.8, 4) is 0 Å². The van der Waals surface area contributed by atoms with Crippen molar-refractivity contribution < 1.29 is 9.53 Å². The average Bonchev–Trinajstić information content (AvgIpc) is 3.02. The highest BCUT2D eigenvalue weighted by molar-refractivity contribution is 5.90. The average molecular weight is 356 g/mol. The second-order valence-electron chi connectivity index (χ2n) is 7.09. The molecule has 1 aliphatic rings. The summed E-state index contributed by atoms with van der Waals surface area (Å²) in [5.41, 5.74) is 4.10. The summed E-state index contributed by atoms with van der Waals surface area (Å²) in [6, 6.07) is 8.36. The minimum absolute atomic E-state index is 0.0844. The van der Waals surface area contributed by atoms with Gasteiger partial charge >= 0.3 is 6.03 Å². The summed E-state index contributed by atoms with van der Waals surface area (Å²) in [6.07, 6.45) is 2.79. The molecule has 2 heterocycles. The molecule has 0 saturated carbocycles. The number of rotatable bonds is 4. The molecule has 3 rings (SSSR count). The molecule has 0 spiro atoms. The van der Waals surface area contributed by atoms with Crippen molar-refractivity contribution in [2.75, 3.05) is 25.0 Å². The number of urea groups is 1. The number of carbonyl (C=O) groups is 1. The summed E-state index contributed by atoms with van der Waals surface area (Å²) < 4.78 is 7.63. The van der Waals surface area contributed by atoms with Crippen LogP contribution in [0.25, 0.3) is 0 Å². The maximum absolute atomic E-state index is 12.8. The molecule has 1 aliphatic heterocycles. The normalized spacial score (nSPS) is 17.6. The number of nitrogens with zero attached hydrogens (tertiary/aromatic N) is 3. The zero-order valence-corrected chi connectivity index (χ0v) is 16.0. The monoisotopic (exact) mass is 356 g/mol. The molecule has 1 N–H and O–H groups in total. The van der Waals surface area contributed by atoms with Gasteiger partial charge in [0, 0.05) is 19.8 Å². The summed E-state index contributed by atoms with van der Waals surface area (Å²) in [5, 5.41) is 7.47. The standard InChI is InChI=1S/C20H28N4O2/c1-5-15-6-8-16(9-7-15)18-13-24(10-11-26-18)20(25)21-17-12-23(4)22-19(17)14(2)3/h6-9,12,14,18H,5,10-11,13H2,1-4H3,(H,21,25). The quantitative estimate of drug-likeness (QED) is 0.908. The van der Waals surface area contributed by atoms with E-state index in [1.54, 1.807) is 4.68 Å². The van der Waals surface area contributed by atoms with Gasteiger partial charge in [0.2, 0.25) is 0 Å². The zero-order chi connectivity index (χ0) is 18.7. The fraction of sp³-hybridized carbons (Fsp3) is 0.500. The molecule has 140 valence electrons. The molecule has 2 aromatic rings. The zero-order valence-electron chi connectivity index (χ0n) is 16.0. The number of amides is 2. The minimum atomic E-state index is -0.0987. The number of morpholine rings is 1. The first kappa shape index (κ1) is 18.5. The van der Waals surface area contributed by atoms with E-state index in [0.29, 0.717) is 19.7 Å². The molecule has 1 unspecified atom stereocenters. The van der Waals surface area contributed by atoms with Gasteiger partial charge in [-0.15, -0.1) is 0 Å². The Bertz CT molecular complexity index is 752. The van der Waals surface area contributed by atoms with Crippen LogP contribution in [-0.2, 0) is 18.2 Å². The molecule has 26 heavy (non-hydrogen) atoms. The molecule has 2 amide bonds. The number of benzene rings is 1. The van der Waals surface area contributed by atoms with Crippen molar-refractivity contribution in [2.24, 2.45) is 7.05 Å². The van der Waals surface area contributed by atoms with E-state index in [-0.39, 0.29) is 18.1 Å². The van der Waals surface area contributed by atoms with Gasteiger partial charge in [0.05, 0.1) is 24.5 Å². The third-order valence-corrected chi connectivity index (χ3v) is 4.76. The molecular formula is C20H28N4O2. The number of aryl methyl sites for hydroxylation is 2. The van der Waals surface area contributed by atoms with Crippen LogP contribution in [0.5, 0.6) is 0 Å². The SMILES string of the molecule is CCc1ccc(C2CN(C(=O)Nc3cn(C)nc3C(C)C)CCO2)cc1. The third-order valence-electron chi connectivity index (χ3n) is 4.76. The van der Waals surface area contributed by atoms with Crippen LogP contribution in [0.2, 0.25) is 0 Å². The van der Waals surface area contributed by atoms with E-state index < -0.39 is 0 Å². The van der Waals surface area contributed by atoms with Crippen LogP contribution in [-0.4, -0.2) is 40.4 Å². The molecule has 1 aromatic carbocycles. The van der Waals surface area contributed by atoms with E-state index in [4.69, 9.17) is 4.74 Å². The Balaban J connectivity index is 1.68. The van der Waals surface area contributed by atoms with E-state index >= 15 is 0 Å². The van der Waals surface area contributed by atoms with Crippen molar-refractivity contribution in [1.82, 2.24) is 14.7 Å². The molecule has 1 fully saturated rings. The van der Waals surface area contributed by atoms with Gasteiger partial charge in [-0.2, -0.15) is 5.10 Å². The van der Waals surface area contributed by atoms with E-state index in [1.165, 1.54) is 5.56 Å². The number of hydrogen-bond donors (Lipinski definition) is 1. The highest BCUT2D eigenvalue weighted by Crippen LogP contribution is 2.25. The smallest absolute Gasteiger partial charge is 0.322 e.